The van der Waals surface area contributed by atoms with E-state index in [9.17, 15) is 4.39 Å². The number of imidazole rings is 1. The van der Waals surface area contributed by atoms with Crippen LogP contribution in [-0.2, 0) is 6.54 Å². The van der Waals surface area contributed by atoms with Crippen LogP contribution in [0.25, 0.3) is 22.4 Å². The zero-order valence-corrected chi connectivity index (χ0v) is 12.6. The third-order valence-corrected chi connectivity index (χ3v) is 3.73. The van der Waals surface area contributed by atoms with Crippen LogP contribution in [0.5, 0.6) is 0 Å². The van der Waals surface area contributed by atoms with Gasteiger partial charge < -0.3 is 10.3 Å². The number of pyridine rings is 1. The molecule has 0 atom stereocenters. The predicted octanol–water partition coefficient (Wildman–Crippen LogP) is 2.66. The van der Waals surface area contributed by atoms with Gasteiger partial charge in [0.25, 0.3) is 0 Å². The van der Waals surface area contributed by atoms with E-state index in [1.54, 1.807) is 18.6 Å². The third kappa shape index (κ3) is 2.56. The Labute approximate surface area is 136 Å². The SMILES string of the molecule is Nc1ncnc2c1ncn2Cc1ccnc(-c2cccc(F)c2)c1. The second-order valence-electron chi connectivity index (χ2n) is 5.36. The minimum Gasteiger partial charge on any atom is -0.382 e. The first-order valence-electron chi connectivity index (χ1n) is 7.33. The zero-order chi connectivity index (χ0) is 16.5. The number of hydrogen-bond acceptors (Lipinski definition) is 5. The fraction of sp³-hybridized carbons (Fsp3) is 0.0588. The third-order valence-electron chi connectivity index (χ3n) is 3.73. The summed E-state index contributed by atoms with van der Waals surface area (Å²) < 4.78 is 15.3. The van der Waals surface area contributed by atoms with Gasteiger partial charge in [-0.25, -0.2) is 19.3 Å². The van der Waals surface area contributed by atoms with Crippen LogP contribution in [0, 0.1) is 5.82 Å². The fourth-order valence-corrected chi connectivity index (χ4v) is 2.59. The molecule has 0 radical (unpaired) electrons. The van der Waals surface area contributed by atoms with Crippen molar-refractivity contribution in [2.45, 2.75) is 6.54 Å². The number of halogens is 1. The van der Waals surface area contributed by atoms with Crippen LogP contribution in [0.4, 0.5) is 10.2 Å². The van der Waals surface area contributed by atoms with Gasteiger partial charge in [-0.15, -0.1) is 0 Å². The Bertz CT molecular complexity index is 1030. The molecule has 3 heterocycles. The highest BCUT2D eigenvalue weighted by molar-refractivity contribution is 5.81. The molecule has 0 saturated heterocycles. The number of nitrogens with two attached hydrogens (primary N) is 1. The summed E-state index contributed by atoms with van der Waals surface area (Å²) in [5, 5.41) is 0. The molecule has 1 aromatic carbocycles. The second kappa shape index (κ2) is 5.69. The van der Waals surface area contributed by atoms with E-state index in [1.807, 2.05) is 22.8 Å². The first-order chi connectivity index (χ1) is 11.7. The van der Waals surface area contributed by atoms with Crippen molar-refractivity contribution in [1.82, 2.24) is 24.5 Å². The molecule has 7 heteroatoms. The number of benzene rings is 1. The normalized spacial score (nSPS) is 11.0. The van der Waals surface area contributed by atoms with Gasteiger partial charge in [0.05, 0.1) is 18.6 Å². The van der Waals surface area contributed by atoms with Gasteiger partial charge in [0, 0.05) is 11.8 Å². The Morgan fingerprint density at radius 1 is 1.04 bits per heavy atom. The summed E-state index contributed by atoms with van der Waals surface area (Å²) in [5.74, 6) is 0.0708. The summed E-state index contributed by atoms with van der Waals surface area (Å²) in [5.41, 5.74) is 9.51. The summed E-state index contributed by atoms with van der Waals surface area (Å²) in [7, 11) is 0. The van der Waals surface area contributed by atoms with Gasteiger partial charge in [-0.05, 0) is 29.8 Å². The number of fused-ring (bicyclic) bond motifs is 1. The van der Waals surface area contributed by atoms with Crippen molar-refractivity contribution in [2.75, 3.05) is 5.73 Å². The van der Waals surface area contributed by atoms with E-state index < -0.39 is 0 Å². The number of rotatable bonds is 3. The maximum absolute atomic E-state index is 13.4. The van der Waals surface area contributed by atoms with Crippen LogP contribution in [0.3, 0.4) is 0 Å². The molecular formula is C17H13FN6. The average molecular weight is 320 g/mol. The van der Waals surface area contributed by atoms with Crippen LogP contribution < -0.4 is 5.73 Å². The fourth-order valence-electron chi connectivity index (χ4n) is 2.59. The molecule has 0 aliphatic carbocycles. The molecule has 0 saturated carbocycles. The van der Waals surface area contributed by atoms with Gasteiger partial charge in [-0.1, -0.05) is 12.1 Å². The van der Waals surface area contributed by atoms with Gasteiger partial charge in [-0.3, -0.25) is 4.98 Å². The number of anilines is 1. The van der Waals surface area contributed by atoms with Gasteiger partial charge in [0.2, 0.25) is 0 Å². The molecule has 0 fully saturated rings. The number of nitrogens with zero attached hydrogens (tertiary/aromatic N) is 5. The molecule has 24 heavy (non-hydrogen) atoms. The first-order valence-corrected chi connectivity index (χ1v) is 7.33. The monoisotopic (exact) mass is 320 g/mol. The Kier molecular flexibility index (Phi) is 3.38. The minimum absolute atomic E-state index is 0.285. The highest BCUT2D eigenvalue weighted by Gasteiger charge is 2.09. The topological polar surface area (TPSA) is 82.5 Å². The van der Waals surface area contributed by atoms with Gasteiger partial charge >= 0.3 is 0 Å². The molecule has 0 aliphatic heterocycles. The molecule has 0 bridgehead atoms. The molecule has 3 aromatic heterocycles. The highest BCUT2D eigenvalue weighted by Crippen LogP contribution is 2.20. The molecule has 118 valence electrons. The van der Waals surface area contributed by atoms with Crippen molar-refractivity contribution in [3.05, 3.63) is 66.6 Å². The van der Waals surface area contributed by atoms with Crippen LogP contribution in [-0.4, -0.2) is 24.5 Å². The summed E-state index contributed by atoms with van der Waals surface area (Å²) in [6.45, 7) is 0.553. The van der Waals surface area contributed by atoms with Crippen molar-refractivity contribution in [2.24, 2.45) is 0 Å². The molecule has 4 rings (SSSR count). The lowest BCUT2D eigenvalue weighted by Crippen LogP contribution is -2.01. The number of nitrogen functional groups attached to an aromatic ring is 1. The summed E-state index contributed by atoms with van der Waals surface area (Å²) in [6.07, 6.45) is 4.80. The Hall–Kier alpha value is -3.35. The average Bonchev–Trinajstić information content (AvgIpc) is 3.00. The zero-order valence-electron chi connectivity index (χ0n) is 12.6. The van der Waals surface area contributed by atoms with Crippen molar-refractivity contribution < 1.29 is 4.39 Å². The van der Waals surface area contributed by atoms with Crippen LogP contribution in [0.1, 0.15) is 5.56 Å². The molecule has 0 amide bonds. The standard InChI is InChI=1S/C17H13FN6/c18-13-3-1-2-12(7-13)14-6-11(4-5-20-14)8-24-10-23-15-16(19)21-9-22-17(15)24/h1-7,9-10H,8H2,(H2,19,21,22). The van der Waals surface area contributed by atoms with Gasteiger partial charge in [-0.2, -0.15) is 0 Å². The summed E-state index contributed by atoms with van der Waals surface area (Å²) in [6, 6.07) is 10.2. The van der Waals surface area contributed by atoms with E-state index in [0.717, 1.165) is 11.1 Å². The van der Waals surface area contributed by atoms with E-state index in [-0.39, 0.29) is 5.82 Å². The number of hydrogen-bond donors (Lipinski definition) is 1. The van der Waals surface area contributed by atoms with E-state index in [4.69, 9.17) is 5.73 Å². The van der Waals surface area contributed by atoms with Crippen LogP contribution in [0.15, 0.2) is 55.2 Å². The van der Waals surface area contributed by atoms with E-state index in [1.165, 1.54) is 18.5 Å². The summed E-state index contributed by atoms with van der Waals surface area (Å²) in [4.78, 5) is 16.7. The predicted molar refractivity (Wildman–Crippen MR) is 88.5 cm³/mol. The van der Waals surface area contributed by atoms with E-state index in [0.29, 0.717) is 29.2 Å². The first kappa shape index (κ1) is 14.3. The van der Waals surface area contributed by atoms with Crippen molar-refractivity contribution in [3.8, 4) is 11.3 Å². The molecule has 0 unspecified atom stereocenters. The van der Waals surface area contributed by atoms with Crippen molar-refractivity contribution in [1.29, 1.82) is 0 Å². The Morgan fingerprint density at radius 2 is 1.96 bits per heavy atom. The smallest absolute Gasteiger partial charge is 0.165 e. The van der Waals surface area contributed by atoms with E-state index in [2.05, 4.69) is 19.9 Å². The maximum Gasteiger partial charge on any atom is 0.165 e. The van der Waals surface area contributed by atoms with Crippen molar-refractivity contribution >= 4 is 17.0 Å². The van der Waals surface area contributed by atoms with Crippen molar-refractivity contribution in [3.63, 3.8) is 0 Å². The Balaban J connectivity index is 1.70. The lowest BCUT2D eigenvalue weighted by molar-refractivity contribution is 0.628. The van der Waals surface area contributed by atoms with Gasteiger partial charge in [0.1, 0.15) is 17.7 Å². The quantitative estimate of drug-likeness (QED) is 0.627. The van der Waals surface area contributed by atoms with Crippen LogP contribution in [0.2, 0.25) is 0 Å². The molecule has 6 nitrogen and oxygen atoms in total. The number of aromatic nitrogens is 5. The molecule has 4 aromatic rings. The summed E-state index contributed by atoms with van der Waals surface area (Å²) >= 11 is 0. The van der Waals surface area contributed by atoms with E-state index >= 15 is 0 Å². The maximum atomic E-state index is 13.4. The molecule has 0 spiro atoms. The van der Waals surface area contributed by atoms with Crippen LogP contribution >= 0.6 is 0 Å². The molecule has 0 aliphatic rings. The lowest BCUT2D eigenvalue weighted by atomic mass is 10.1. The Morgan fingerprint density at radius 3 is 2.83 bits per heavy atom. The highest BCUT2D eigenvalue weighted by atomic mass is 19.1. The lowest BCUT2D eigenvalue weighted by Gasteiger charge is -2.07. The largest absolute Gasteiger partial charge is 0.382 e. The minimum atomic E-state index is -0.285. The molecule has 2 N–H and O–H groups in total. The molecular weight excluding hydrogens is 307 g/mol. The second-order valence-corrected chi connectivity index (χ2v) is 5.36. The van der Waals surface area contributed by atoms with Gasteiger partial charge in [0.15, 0.2) is 11.5 Å².